The van der Waals surface area contributed by atoms with E-state index in [4.69, 9.17) is 4.74 Å². The van der Waals surface area contributed by atoms with Gasteiger partial charge in [0.25, 0.3) is 5.91 Å². The molecule has 1 unspecified atom stereocenters. The highest BCUT2D eigenvalue weighted by Crippen LogP contribution is 2.19. The highest BCUT2D eigenvalue weighted by molar-refractivity contribution is 7.89. The summed E-state index contributed by atoms with van der Waals surface area (Å²) in [4.78, 5) is 27.9. The lowest BCUT2D eigenvalue weighted by Gasteiger charge is -2.14. The van der Waals surface area contributed by atoms with Crippen LogP contribution in [0.4, 0.5) is 5.69 Å². The fourth-order valence-electron chi connectivity index (χ4n) is 2.86. The number of amides is 1. The summed E-state index contributed by atoms with van der Waals surface area (Å²) in [6.07, 6.45) is 0.499. The summed E-state index contributed by atoms with van der Waals surface area (Å²) in [5.74, 6) is -1.14. The monoisotopic (exact) mass is 429 g/mol. The number of fused-ring (bicyclic) bond motifs is 1. The number of para-hydroxylation sites is 1. The van der Waals surface area contributed by atoms with Crippen molar-refractivity contribution in [3.63, 3.8) is 0 Å². The van der Waals surface area contributed by atoms with E-state index in [2.05, 4.69) is 15.0 Å². The molecule has 0 spiro atoms. The van der Waals surface area contributed by atoms with Crippen molar-refractivity contribution in [2.45, 2.75) is 37.8 Å². The second-order valence-corrected chi connectivity index (χ2v) is 8.80. The van der Waals surface area contributed by atoms with E-state index in [9.17, 15) is 18.0 Å². The van der Waals surface area contributed by atoms with Gasteiger partial charge in [0, 0.05) is 28.8 Å². The molecular weight excluding hydrogens is 406 g/mol. The number of aromatic amines is 1. The number of carbonyl (C=O) groups is 2. The van der Waals surface area contributed by atoms with Gasteiger partial charge in [0.05, 0.1) is 10.5 Å². The van der Waals surface area contributed by atoms with Gasteiger partial charge in [0.1, 0.15) is 0 Å². The lowest BCUT2D eigenvalue weighted by molar-refractivity contribution is -0.123. The van der Waals surface area contributed by atoms with Gasteiger partial charge in [-0.3, -0.25) is 4.79 Å². The van der Waals surface area contributed by atoms with Crippen LogP contribution in [-0.2, 0) is 19.6 Å². The van der Waals surface area contributed by atoms with Crippen LogP contribution in [0.1, 0.15) is 31.1 Å². The maximum Gasteiger partial charge on any atom is 0.341 e. The summed E-state index contributed by atoms with van der Waals surface area (Å²) < 4.78 is 32.1. The molecule has 0 aliphatic rings. The van der Waals surface area contributed by atoms with E-state index >= 15 is 0 Å². The molecule has 3 N–H and O–H groups in total. The number of sulfonamides is 1. The van der Waals surface area contributed by atoms with Crippen molar-refractivity contribution in [3.8, 4) is 0 Å². The molecule has 2 aromatic carbocycles. The van der Waals surface area contributed by atoms with E-state index in [1.807, 2.05) is 18.2 Å². The van der Waals surface area contributed by atoms with Crippen LogP contribution in [0, 0.1) is 0 Å². The molecule has 8 nitrogen and oxygen atoms in total. The second-order valence-electron chi connectivity index (χ2n) is 7.09. The van der Waals surface area contributed by atoms with E-state index in [1.54, 1.807) is 26.1 Å². The topological polar surface area (TPSA) is 117 Å². The van der Waals surface area contributed by atoms with Crippen LogP contribution in [-0.4, -0.2) is 37.4 Å². The number of hydrogen-bond donors (Lipinski definition) is 3. The quantitative estimate of drug-likeness (QED) is 0.499. The molecule has 1 heterocycles. The van der Waals surface area contributed by atoms with E-state index in [1.165, 1.54) is 31.2 Å². The van der Waals surface area contributed by atoms with Gasteiger partial charge in [-0.05, 0) is 51.1 Å². The number of rotatable bonds is 7. The minimum atomic E-state index is -3.62. The van der Waals surface area contributed by atoms with Crippen LogP contribution in [0.5, 0.6) is 0 Å². The van der Waals surface area contributed by atoms with Crippen LogP contribution in [0.25, 0.3) is 10.9 Å². The highest BCUT2D eigenvalue weighted by atomic mass is 32.2. The number of ether oxygens (including phenoxy) is 1. The normalized spacial score (nSPS) is 12.7. The van der Waals surface area contributed by atoms with Gasteiger partial charge >= 0.3 is 5.97 Å². The molecule has 1 aromatic heterocycles. The van der Waals surface area contributed by atoms with Crippen molar-refractivity contribution in [2.24, 2.45) is 0 Å². The lowest BCUT2D eigenvalue weighted by atomic mass is 10.2. The Morgan fingerprint density at radius 2 is 1.67 bits per heavy atom. The molecule has 3 rings (SSSR count). The Labute approximate surface area is 174 Å². The summed E-state index contributed by atoms with van der Waals surface area (Å²) >= 11 is 0. The highest BCUT2D eigenvalue weighted by Gasteiger charge is 2.21. The summed E-state index contributed by atoms with van der Waals surface area (Å²) in [5, 5.41) is 3.32. The first-order chi connectivity index (χ1) is 14.2. The Morgan fingerprint density at radius 1 is 1.00 bits per heavy atom. The number of nitrogens with one attached hydrogen (secondary N) is 3. The number of benzene rings is 2. The molecule has 3 aromatic rings. The van der Waals surface area contributed by atoms with Gasteiger partial charge in [-0.25, -0.2) is 17.9 Å². The van der Waals surface area contributed by atoms with Gasteiger partial charge in [-0.2, -0.15) is 0 Å². The fraction of sp³-hybridized carbons (Fsp3) is 0.238. The summed E-state index contributed by atoms with van der Waals surface area (Å²) in [6, 6.07) is 12.8. The zero-order chi connectivity index (χ0) is 21.9. The van der Waals surface area contributed by atoms with Crippen LogP contribution < -0.4 is 10.0 Å². The second kappa shape index (κ2) is 8.68. The summed E-state index contributed by atoms with van der Waals surface area (Å²) in [7, 11) is -3.62. The number of anilines is 1. The summed E-state index contributed by atoms with van der Waals surface area (Å²) in [5.41, 5.74) is 1.53. The SMILES string of the molecule is CC(C)NS(=O)(=O)c1ccc(NC(=O)C(C)OC(=O)c2c[nH]c3ccccc23)cc1. The van der Waals surface area contributed by atoms with Gasteiger partial charge in [-0.1, -0.05) is 18.2 Å². The number of esters is 1. The predicted molar refractivity (Wildman–Crippen MR) is 114 cm³/mol. The first-order valence-electron chi connectivity index (χ1n) is 9.38. The Bertz CT molecular complexity index is 1170. The molecular formula is C21H23N3O5S. The molecule has 1 atom stereocenters. The molecule has 0 saturated heterocycles. The van der Waals surface area contributed by atoms with Crippen molar-refractivity contribution in [2.75, 3.05) is 5.32 Å². The largest absolute Gasteiger partial charge is 0.449 e. The maximum atomic E-state index is 12.4. The molecule has 0 bridgehead atoms. The minimum Gasteiger partial charge on any atom is -0.449 e. The van der Waals surface area contributed by atoms with Crippen LogP contribution in [0.2, 0.25) is 0 Å². The molecule has 9 heteroatoms. The smallest absolute Gasteiger partial charge is 0.341 e. The fourth-order valence-corrected chi connectivity index (χ4v) is 4.11. The standard InChI is InChI=1S/C21H23N3O5S/c1-13(2)24-30(27,28)16-10-8-15(9-11-16)23-20(25)14(3)29-21(26)18-12-22-19-7-5-4-6-17(18)19/h4-14,22,24H,1-3H3,(H,23,25). The van der Waals surface area contributed by atoms with Gasteiger partial charge in [-0.15, -0.1) is 0 Å². The first kappa shape index (κ1) is 21.5. The van der Waals surface area contributed by atoms with Gasteiger partial charge < -0.3 is 15.0 Å². The molecule has 30 heavy (non-hydrogen) atoms. The molecule has 0 radical (unpaired) electrons. The Hall–Kier alpha value is -3.17. The van der Waals surface area contributed by atoms with E-state index < -0.39 is 28.0 Å². The van der Waals surface area contributed by atoms with Gasteiger partial charge in [0.2, 0.25) is 10.0 Å². The average Bonchev–Trinajstić information content (AvgIpc) is 3.11. The number of H-pyrrole nitrogens is 1. The zero-order valence-corrected chi connectivity index (χ0v) is 17.6. The Morgan fingerprint density at radius 3 is 2.33 bits per heavy atom. The average molecular weight is 429 g/mol. The first-order valence-corrected chi connectivity index (χ1v) is 10.9. The molecule has 0 fully saturated rings. The zero-order valence-electron chi connectivity index (χ0n) is 16.8. The third-order valence-electron chi connectivity index (χ3n) is 4.29. The molecule has 1 amide bonds. The van der Waals surface area contributed by atoms with Crippen LogP contribution in [0.15, 0.2) is 59.6 Å². The van der Waals surface area contributed by atoms with Crippen LogP contribution >= 0.6 is 0 Å². The Kier molecular flexibility index (Phi) is 6.23. The van der Waals surface area contributed by atoms with Gasteiger partial charge in [0.15, 0.2) is 6.10 Å². The van der Waals surface area contributed by atoms with Crippen molar-refractivity contribution < 1.29 is 22.7 Å². The maximum absolute atomic E-state index is 12.4. The molecule has 158 valence electrons. The number of aromatic nitrogens is 1. The van der Waals surface area contributed by atoms with Crippen molar-refractivity contribution >= 4 is 38.5 Å². The third-order valence-corrected chi connectivity index (χ3v) is 5.96. The number of carbonyl (C=O) groups excluding carboxylic acids is 2. The van der Waals surface area contributed by atoms with Crippen LogP contribution in [0.3, 0.4) is 0 Å². The van der Waals surface area contributed by atoms with Crippen molar-refractivity contribution in [1.29, 1.82) is 0 Å². The lowest BCUT2D eigenvalue weighted by Crippen LogP contribution is -2.30. The molecule has 0 aliphatic heterocycles. The predicted octanol–water partition coefficient (Wildman–Crippen LogP) is 3.04. The van der Waals surface area contributed by atoms with Crippen molar-refractivity contribution in [1.82, 2.24) is 9.71 Å². The number of hydrogen-bond acceptors (Lipinski definition) is 5. The summed E-state index contributed by atoms with van der Waals surface area (Å²) in [6.45, 7) is 4.92. The minimum absolute atomic E-state index is 0.0908. The van der Waals surface area contributed by atoms with E-state index in [0.717, 1.165) is 5.52 Å². The molecule has 0 saturated carbocycles. The van der Waals surface area contributed by atoms with E-state index in [-0.39, 0.29) is 10.9 Å². The van der Waals surface area contributed by atoms with E-state index in [0.29, 0.717) is 16.6 Å². The Balaban J connectivity index is 1.63. The van der Waals surface area contributed by atoms with Crippen molar-refractivity contribution in [3.05, 3.63) is 60.3 Å². The molecule has 0 aliphatic carbocycles. The third kappa shape index (κ3) is 4.87.